The smallest absolute Gasteiger partial charge is 0.273 e. The van der Waals surface area contributed by atoms with E-state index in [4.69, 9.17) is 23.2 Å². The van der Waals surface area contributed by atoms with Gasteiger partial charge in [0.1, 0.15) is 11.4 Å². The number of imide groups is 2. The minimum Gasteiger partial charge on any atom is -0.273 e. The molecule has 1 heterocycles. The van der Waals surface area contributed by atoms with Gasteiger partial charge in [0.25, 0.3) is 11.8 Å². The largest absolute Gasteiger partial charge is 0.335 e. The number of carbonyl (C=O) groups is 3. The minimum absolute atomic E-state index is 0.136. The average molecular weight is 379 g/mol. The van der Waals surface area contributed by atoms with Crippen LogP contribution < -0.4 is 10.2 Å². The molecule has 0 saturated carbocycles. The Labute approximate surface area is 151 Å². The van der Waals surface area contributed by atoms with Crippen LogP contribution in [0.4, 0.5) is 14.9 Å². The van der Waals surface area contributed by atoms with Gasteiger partial charge in [0.15, 0.2) is 0 Å². The first-order valence-electron chi connectivity index (χ1n) is 6.99. The second-order valence-electron chi connectivity index (χ2n) is 5.11. The summed E-state index contributed by atoms with van der Waals surface area (Å²) in [5, 5.41) is 2.66. The molecule has 3 rings (SSSR count). The molecule has 2 aromatic carbocycles. The molecule has 0 bridgehead atoms. The van der Waals surface area contributed by atoms with Crippen LogP contribution in [-0.2, 0) is 9.59 Å². The number of rotatable bonds is 2. The molecule has 0 spiro atoms. The fourth-order valence-electron chi connectivity index (χ4n) is 2.25. The van der Waals surface area contributed by atoms with Crippen molar-refractivity contribution in [1.29, 1.82) is 0 Å². The molecule has 1 aliphatic rings. The quantitative estimate of drug-likeness (QED) is 0.638. The maximum absolute atomic E-state index is 13.1. The van der Waals surface area contributed by atoms with E-state index < -0.39 is 23.7 Å². The second kappa shape index (κ2) is 6.66. The fourth-order valence-corrected chi connectivity index (χ4v) is 2.56. The minimum atomic E-state index is -0.909. The lowest BCUT2D eigenvalue weighted by atomic mass is 10.1. The van der Waals surface area contributed by atoms with Gasteiger partial charge >= 0.3 is 6.03 Å². The molecular weight excluding hydrogens is 370 g/mol. The number of carbonyl (C=O) groups excluding carboxylic acids is 3. The summed E-state index contributed by atoms with van der Waals surface area (Å²) in [4.78, 5) is 37.4. The maximum atomic E-state index is 13.1. The zero-order chi connectivity index (χ0) is 18.1. The molecule has 2 aromatic rings. The predicted octanol–water partition coefficient (Wildman–Crippen LogP) is 3.80. The van der Waals surface area contributed by atoms with Crippen LogP contribution in [0.25, 0.3) is 6.08 Å². The van der Waals surface area contributed by atoms with Gasteiger partial charge in [0.2, 0.25) is 0 Å². The van der Waals surface area contributed by atoms with E-state index >= 15 is 0 Å². The van der Waals surface area contributed by atoms with Gasteiger partial charge in [-0.05, 0) is 48.0 Å². The van der Waals surface area contributed by atoms with Crippen LogP contribution in [0.15, 0.2) is 48.0 Å². The molecule has 1 aliphatic heterocycles. The highest BCUT2D eigenvalue weighted by molar-refractivity contribution is 6.42. The molecule has 4 amide bonds. The number of benzene rings is 2. The number of hydrogen-bond donors (Lipinski definition) is 1. The van der Waals surface area contributed by atoms with Crippen molar-refractivity contribution >= 4 is 52.8 Å². The summed E-state index contributed by atoms with van der Waals surface area (Å²) in [6.45, 7) is 0. The van der Waals surface area contributed by atoms with Gasteiger partial charge in [-0.3, -0.25) is 14.9 Å². The van der Waals surface area contributed by atoms with Crippen LogP contribution in [-0.4, -0.2) is 17.8 Å². The van der Waals surface area contributed by atoms with Crippen LogP contribution in [0.3, 0.4) is 0 Å². The average Bonchev–Trinajstić information content (AvgIpc) is 2.56. The lowest BCUT2D eigenvalue weighted by Crippen LogP contribution is -2.54. The molecule has 0 aromatic heterocycles. The van der Waals surface area contributed by atoms with E-state index in [0.717, 1.165) is 17.0 Å². The van der Waals surface area contributed by atoms with Crippen molar-refractivity contribution in [1.82, 2.24) is 5.32 Å². The number of nitrogens with zero attached hydrogens (tertiary/aromatic N) is 1. The van der Waals surface area contributed by atoms with Gasteiger partial charge < -0.3 is 0 Å². The van der Waals surface area contributed by atoms with Gasteiger partial charge in [-0.2, -0.15) is 0 Å². The molecule has 1 saturated heterocycles. The topological polar surface area (TPSA) is 66.5 Å². The van der Waals surface area contributed by atoms with Gasteiger partial charge in [0, 0.05) is 0 Å². The van der Waals surface area contributed by atoms with E-state index in [9.17, 15) is 18.8 Å². The van der Waals surface area contributed by atoms with Crippen LogP contribution in [0, 0.1) is 5.82 Å². The Morgan fingerprint density at radius 1 is 0.960 bits per heavy atom. The van der Waals surface area contributed by atoms with Gasteiger partial charge in [-0.15, -0.1) is 0 Å². The zero-order valence-corrected chi connectivity index (χ0v) is 13.9. The number of amides is 4. The van der Waals surface area contributed by atoms with E-state index in [0.29, 0.717) is 10.6 Å². The molecule has 5 nitrogen and oxygen atoms in total. The van der Waals surface area contributed by atoms with Crippen molar-refractivity contribution in [2.45, 2.75) is 0 Å². The summed E-state index contributed by atoms with van der Waals surface area (Å²) in [7, 11) is 0. The Morgan fingerprint density at radius 2 is 1.64 bits per heavy atom. The summed E-state index contributed by atoms with van der Waals surface area (Å²) in [5.74, 6) is -2.18. The van der Waals surface area contributed by atoms with Crippen molar-refractivity contribution in [2.75, 3.05) is 4.90 Å². The number of halogens is 3. The molecule has 25 heavy (non-hydrogen) atoms. The van der Waals surface area contributed by atoms with Crippen LogP contribution >= 0.6 is 23.2 Å². The van der Waals surface area contributed by atoms with Crippen molar-refractivity contribution in [3.63, 3.8) is 0 Å². The third-order valence-corrected chi connectivity index (χ3v) is 4.18. The summed E-state index contributed by atoms with van der Waals surface area (Å²) >= 11 is 11.8. The summed E-state index contributed by atoms with van der Waals surface area (Å²) in [6.07, 6.45) is 1.29. The molecule has 0 unspecified atom stereocenters. The first kappa shape index (κ1) is 17.1. The third-order valence-electron chi connectivity index (χ3n) is 3.44. The summed E-state index contributed by atoms with van der Waals surface area (Å²) in [6, 6.07) is 8.40. The Kier molecular flexibility index (Phi) is 4.57. The standard InChI is InChI=1S/C17H9Cl2FN2O3/c18-13-6-1-9(8-14(13)19)7-12-15(23)21-17(25)22(16(12)24)11-4-2-10(20)3-5-11/h1-8H,(H,21,23,25)/b12-7+. The first-order valence-corrected chi connectivity index (χ1v) is 7.74. The molecule has 1 N–H and O–H groups in total. The summed E-state index contributed by atoms with van der Waals surface area (Å²) in [5.41, 5.74) is 0.333. The van der Waals surface area contributed by atoms with Crippen molar-refractivity contribution in [2.24, 2.45) is 0 Å². The number of urea groups is 1. The zero-order valence-electron chi connectivity index (χ0n) is 12.4. The Morgan fingerprint density at radius 3 is 2.28 bits per heavy atom. The first-order chi connectivity index (χ1) is 11.9. The molecule has 1 fully saturated rings. The van der Waals surface area contributed by atoms with E-state index in [1.807, 2.05) is 0 Å². The summed E-state index contributed by atoms with van der Waals surface area (Å²) < 4.78 is 13.1. The molecule has 126 valence electrons. The third kappa shape index (κ3) is 3.40. The van der Waals surface area contributed by atoms with Crippen LogP contribution in [0.2, 0.25) is 10.0 Å². The SMILES string of the molecule is O=C1NC(=O)N(c2ccc(F)cc2)C(=O)/C1=C/c1ccc(Cl)c(Cl)c1. The van der Waals surface area contributed by atoms with Gasteiger partial charge in [-0.25, -0.2) is 14.1 Å². The van der Waals surface area contributed by atoms with Crippen molar-refractivity contribution in [3.05, 3.63) is 69.5 Å². The molecular formula is C17H9Cl2FN2O3. The van der Waals surface area contributed by atoms with Crippen LogP contribution in [0.1, 0.15) is 5.56 Å². The molecule has 0 radical (unpaired) electrons. The number of nitrogens with one attached hydrogen (secondary N) is 1. The van der Waals surface area contributed by atoms with Crippen LogP contribution in [0.5, 0.6) is 0 Å². The Hall–Kier alpha value is -2.70. The fraction of sp³-hybridized carbons (Fsp3) is 0. The highest BCUT2D eigenvalue weighted by Gasteiger charge is 2.36. The van der Waals surface area contributed by atoms with E-state index in [-0.39, 0.29) is 16.3 Å². The van der Waals surface area contributed by atoms with E-state index in [2.05, 4.69) is 5.32 Å². The monoisotopic (exact) mass is 378 g/mol. The second-order valence-corrected chi connectivity index (χ2v) is 5.92. The lowest BCUT2D eigenvalue weighted by molar-refractivity contribution is -0.122. The molecule has 0 aliphatic carbocycles. The van der Waals surface area contributed by atoms with Crippen molar-refractivity contribution in [3.8, 4) is 0 Å². The number of barbiturate groups is 1. The van der Waals surface area contributed by atoms with Crippen molar-refractivity contribution < 1.29 is 18.8 Å². The normalized spacial score (nSPS) is 16.4. The highest BCUT2D eigenvalue weighted by atomic mass is 35.5. The number of hydrogen-bond acceptors (Lipinski definition) is 3. The van der Waals surface area contributed by atoms with E-state index in [1.54, 1.807) is 6.07 Å². The maximum Gasteiger partial charge on any atom is 0.335 e. The van der Waals surface area contributed by atoms with Gasteiger partial charge in [-0.1, -0.05) is 29.3 Å². The Bertz CT molecular complexity index is 926. The van der Waals surface area contributed by atoms with E-state index in [1.165, 1.54) is 30.3 Å². The molecule has 0 atom stereocenters. The lowest BCUT2D eigenvalue weighted by Gasteiger charge is -2.26. The highest BCUT2D eigenvalue weighted by Crippen LogP contribution is 2.26. The number of anilines is 1. The Balaban J connectivity index is 2.01. The molecule has 8 heteroatoms. The predicted molar refractivity (Wildman–Crippen MR) is 91.9 cm³/mol. The van der Waals surface area contributed by atoms with Gasteiger partial charge in [0.05, 0.1) is 15.7 Å².